The normalized spacial score (nSPS) is 18.3. The molecule has 0 atom stereocenters. The van der Waals surface area contributed by atoms with Gasteiger partial charge in [-0.2, -0.15) is 0 Å². The molecule has 31 heavy (non-hydrogen) atoms. The van der Waals surface area contributed by atoms with Crippen molar-refractivity contribution in [3.63, 3.8) is 0 Å². The molecule has 0 radical (unpaired) electrons. The number of nitrogens with zero attached hydrogens (tertiary/aromatic N) is 3. The summed E-state index contributed by atoms with van der Waals surface area (Å²) in [5.41, 5.74) is 2.11. The third kappa shape index (κ3) is 4.36. The second-order valence-corrected chi connectivity index (χ2v) is 8.91. The molecule has 0 unspecified atom stereocenters. The van der Waals surface area contributed by atoms with Crippen LogP contribution >= 0.6 is 11.8 Å². The lowest BCUT2D eigenvalue weighted by Crippen LogP contribution is -2.49. The molecule has 2 aromatic carbocycles. The maximum absolute atomic E-state index is 12.8. The van der Waals surface area contributed by atoms with Gasteiger partial charge in [0, 0.05) is 50.6 Å². The fraction of sp³-hybridized carbons (Fsp3) is 0.391. The van der Waals surface area contributed by atoms with Gasteiger partial charge in [0.05, 0.1) is 11.4 Å². The Morgan fingerprint density at radius 3 is 2.68 bits per heavy atom. The number of carbonyl (C=O) groups is 2. The van der Waals surface area contributed by atoms with E-state index in [0.717, 1.165) is 41.7 Å². The standard InChI is InChI=1S/C23H25N3O4S/c27-22(7-8-26-18-3-1-2-4-21(18)31-15-23(26)28)25-11-9-24(10-12-25)14-17-5-6-19-20(13-17)30-16-29-19/h1-6,13H,7-12,14-16H2. The largest absolute Gasteiger partial charge is 0.454 e. The predicted octanol–water partition coefficient (Wildman–Crippen LogP) is 2.59. The second kappa shape index (κ2) is 8.80. The Morgan fingerprint density at radius 2 is 1.81 bits per heavy atom. The van der Waals surface area contributed by atoms with Crippen LogP contribution in [0.2, 0.25) is 0 Å². The molecule has 162 valence electrons. The van der Waals surface area contributed by atoms with Gasteiger partial charge >= 0.3 is 0 Å². The van der Waals surface area contributed by atoms with E-state index in [-0.39, 0.29) is 18.6 Å². The van der Waals surface area contributed by atoms with Crippen LogP contribution in [0.4, 0.5) is 5.69 Å². The fourth-order valence-electron chi connectivity index (χ4n) is 4.22. The molecule has 1 saturated heterocycles. The van der Waals surface area contributed by atoms with Crippen LogP contribution in [0.5, 0.6) is 11.5 Å². The first kappa shape index (κ1) is 20.2. The van der Waals surface area contributed by atoms with E-state index in [1.165, 1.54) is 5.56 Å². The molecular weight excluding hydrogens is 414 g/mol. The number of amides is 2. The van der Waals surface area contributed by atoms with Gasteiger partial charge in [-0.3, -0.25) is 14.5 Å². The Hall–Kier alpha value is -2.71. The van der Waals surface area contributed by atoms with E-state index in [0.29, 0.717) is 31.8 Å². The van der Waals surface area contributed by atoms with E-state index in [1.54, 1.807) is 16.7 Å². The molecule has 0 saturated carbocycles. The molecule has 7 nitrogen and oxygen atoms in total. The Kier molecular flexibility index (Phi) is 5.74. The summed E-state index contributed by atoms with van der Waals surface area (Å²) in [4.78, 5) is 32.3. The molecule has 2 aromatic rings. The summed E-state index contributed by atoms with van der Waals surface area (Å²) in [7, 11) is 0. The third-order valence-corrected chi connectivity index (χ3v) is 6.97. The summed E-state index contributed by atoms with van der Waals surface area (Å²) >= 11 is 1.56. The smallest absolute Gasteiger partial charge is 0.237 e. The molecule has 3 heterocycles. The van der Waals surface area contributed by atoms with Crippen LogP contribution in [0.25, 0.3) is 0 Å². The molecule has 3 aliphatic heterocycles. The van der Waals surface area contributed by atoms with Crippen molar-refractivity contribution < 1.29 is 19.1 Å². The number of rotatable bonds is 5. The Balaban J connectivity index is 1.12. The molecule has 5 rings (SSSR count). The van der Waals surface area contributed by atoms with Gasteiger partial charge in [-0.05, 0) is 29.8 Å². The van der Waals surface area contributed by atoms with E-state index in [2.05, 4.69) is 11.0 Å². The van der Waals surface area contributed by atoms with E-state index >= 15 is 0 Å². The molecule has 8 heteroatoms. The molecule has 0 aromatic heterocycles. The van der Waals surface area contributed by atoms with Crippen LogP contribution in [0.1, 0.15) is 12.0 Å². The van der Waals surface area contributed by atoms with Crippen LogP contribution in [-0.2, 0) is 16.1 Å². The van der Waals surface area contributed by atoms with E-state index in [4.69, 9.17) is 9.47 Å². The Bertz CT molecular complexity index is 991. The van der Waals surface area contributed by atoms with Gasteiger partial charge in [0.25, 0.3) is 0 Å². The van der Waals surface area contributed by atoms with E-state index in [9.17, 15) is 9.59 Å². The Morgan fingerprint density at radius 1 is 1.00 bits per heavy atom. The minimum atomic E-state index is 0.0741. The van der Waals surface area contributed by atoms with Crippen LogP contribution in [-0.4, -0.2) is 66.9 Å². The van der Waals surface area contributed by atoms with Crippen LogP contribution in [0, 0.1) is 0 Å². The SMILES string of the molecule is O=C(CCN1C(=O)CSc2ccccc21)N1CCN(Cc2ccc3c(c2)OCO3)CC1. The van der Waals surface area contributed by atoms with Gasteiger partial charge in [-0.25, -0.2) is 0 Å². The maximum atomic E-state index is 12.8. The van der Waals surface area contributed by atoms with Crippen LogP contribution in [0.15, 0.2) is 47.4 Å². The Labute approximate surface area is 185 Å². The molecule has 0 bridgehead atoms. The number of fused-ring (bicyclic) bond motifs is 2. The van der Waals surface area contributed by atoms with Gasteiger partial charge in [-0.15, -0.1) is 11.8 Å². The summed E-state index contributed by atoms with van der Waals surface area (Å²) in [5.74, 6) is 2.23. The molecule has 2 amide bonds. The number of carbonyl (C=O) groups excluding carboxylic acids is 2. The first-order valence-corrected chi connectivity index (χ1v) is 11.6. The van der Waals surface area contributed by atoms with E-state index in [1.807, 2.05) is 41.3 Å². The molecule has 3 aliphatic rings. The number of hydrogen-bond donors (Lipinski definition) is 0. The average Bonchev–Trinajstić information content (AvgIpc) is 3.27. The number of benzene rings is 2. The number of para-hydroxylation sites is 1. The van der Waals surface area contributed by atoms with Crippen molar-refractivity contribution in [3.8, 4) is 11.5 Å². The van der Waals surface area contributed by atoms with Gasteiger partial charge < -0.3 is 19.3 Å². The van der Waals surface area contributed by atoms with Crippen LogP contribution < -0.4 is 14.4 Å². The number of ether oxygens (including phenoxy) is 2. The lowest BCUT2D eigenvalue weighted by atomic mass is 10.1. The zero-order chi connectivity index (χ0) is 21.2. The average molecular weight is 440 g/mol. The number of anilines is 1. The van der Waals surface area contributed by atoms with Crippen molar-refractivity contribution in [1.29, 1.82) is 0 Å². The summed E-state index contributed by atoms with van der Waals surface area (Å²) in [6, 6.07) is 14.0. The lowest BCUT2D eigenvalue weighted by molar-refractivity contribution is -0.132. The van der Waals surface area contributed by atoms with Gasteiger partial charge in [-0.1, -0.05) is 18.2 Å². The van der Waals surface area contributed by atoms with Crippen molar-refractivity contribution >= 4 is 29.3 Å². The maximum Gasteiger partial charge on any atom is 0.237 e. The number of hydrogen-bond acceptors (Lipinski definition) is 6. The minimum Gasteiger partial charge on any atom is -0.454 e. The molecule has 0 N–H and O–H groups in total. The fourth-order valence-corrected chi connectivity index (χ4v) is 5.15. The number of thioether (sulfide) groups is 1. The summed E-state index contributed by atoms with van der Waals surface area (Å²) in [6.07, 6.45) is 0.354. The minimum absolute atomic E-state index is 0.0741. The lowest BCUT2D eigenvalue weighted by Gasteiger charge is -2.35. The highest BCUT2D eigenvalue weighted by molar-refractivity contribution is 8.00. The quantitative estimate of drug-likeness (QED) is 0.714. The highest BCUT2D eigenvalue weighted by Crippen LogP contribution is 2.35. The van der Waals surface area contributed by atoms with Crippen molar-refractivity contribution in [2.45, 2.75) is 17.9 Å². The zero-order valence-electron chi connectivity index (χ0n) is 17.3. The highest BCUT2D eigenvalue weighted by Gasteiger charge is 2.27. The number of piperazine rings is 1. The van der Waals surface area contributed by atoms with Crippen molar-refractivity contribution in [2.75, 3.05) is 50.2 Å². The molecular formula is C23H25N3O4S. The van der Waals surface area contributed by atoms with Gasteiger partial charge in [0.1, 0.15) is 0 Å². The van der Waals surface area contributed by atoms with Crippen molar-refractivity contribution in [3.05, 3.63) is 48.0 Å². The third-order valence-electron chi connectivity index (χ3n) is 5.93. The second-order valence-electron chi connectivity index (χ2n) is 7.90. The summed E-state index contributed by atoms with van der Waals surface area (Å²) in [6.45, 7) is 4.65. The van der Waals surface area contributed by atoms with Gasteiger partial charge in [0.2, 0.25) is 18.6 Å². The summed E-state index contributed by atoms with van der Waals surface area (Å²) in [5, 5.41) is 0. The highest BCUT2D eigenvalue weighted by atomic mass is 32.2. The first-order valence-electron chi connectivity index (χ1n) is 10.6. The monoisotopic (exact) mass is 439 g/mol. The van der Waals surface area contributed by atoms with Crippen LogP contribution in [0.3, 0.4) is 0 Å². The first-order chi connectivity index (χ1) is 15.2. The summed E-state index contributed by atoms with van der Waals surface area (Å²) < 4.78 is 10.8. The molecule has 0 aliphatic carbocycles. The van der Waals surface area contributed by atoms with Crippen molar-refractivity contribution in [2.24, 2.45) is 0 Å². The molecule has 1 fully saturated rings. The van der Waals surface area contributed by atoms with Gasteiger partial charge in [0.15, 0.2) is 11.5 Å². The predicted molar refractivity (Wildman–Crippen MR) is 119 cm³/mol. The topological polar surface area (TPSA) is 62.3 Å². The molecule has 0 spiro atoms. The van der Waals surface area contributed by atoms with Crippen molar-refractivity contribution in [1.82, 2.24) is 9.80 Å². The zero-order valence-corrected chi connectivity index (χ0v) is 18.1. The van der Waals surface area contributed by atoms with E-state index < -0.39 is 0 Å².